The van der Waals surface area contributed by atoms with Crippen LogP contribution in [0.1, 0.15) is 87.1 Å². The molecule has 0 bridgehead atoms. The Morgan fingerprint density at radius 2 is 0.669 bits per heavy atom. The lowest BCUT2D eigenvalue weighted by Gasteiger charge is -2.29. The Labute approximate surface area is 709 Å². The normalized spacial score (nSPS) is 15.0. The molecule has 0 saturated carbocycles. The number of unbranched alkanes of at least 4 members (excludes halogenated alkanes) is 2. The SMILES string of the molecule is C[C@H](N)C(=O)NCC(=O)N[C@@H](CS)C(=O)N[C@@H](CCCCN)C(=O)N[C@H](Cc1c[nH]c2ccccc12)C(=O)N[C@@H](Cc1ccccc1)C(=O)N[C@@H](Cc1ccccc1)C(=O)N[C@H](Cc1c[nH]c2ccccc12)C(=O)N[C@@H](CCCCN)C(=O)N[C@H](C(=O)N[C@@H](Cc1ccccc1)C(=O)N[C@H](C(=O)N[C@@H](CO)C(=O)N[C@@H](CS)C(=O)O)[C@@H](C)O)[C@@H](C)O. The topological polar surface area (TPSA) is 586 Å². The van der Waals surface area contributed by atoms with E-state index in [0.29, 0.717) is 68.9 Å². The third-order valence-electron chi connectivity index (χ3n) is 19.8. The summed E-state index contributed by atoms with van der Waals surface area (Å²) in [7, 11) is 0. The fraction of sp³-hybridized carbons (Fsp3) is 0.422. The summed E-state index contributed by atoms with van der Waals surface area (Å²) in [6.45, 7) is 2.47. The maximum Gasteiger partial charge on any atom is 0.327 e. The first-order valence-electron chi connectivity index (χ1n) is 39.7. The van der Waals surface area contributed by atoms with Gasteiger partial charge in [0.1, 0.15) is 72.5 Å². The fourth-order valence-electron chi connectivity index (χ4n) is 13.1. The molecule has 121 heavy (non-hydrogen) atoms. The van der Waals surface area contributed by atoms with Crippen molar-refractivity contribution in [2.45, 2.75) is 182 Å². The third-order valence-corrected chi connectivity index (χ3v) is 20.5. The van der Waals surface area contributed by atoms with Crippen molar-refractivity contribution in [3.8, 4) is 0 Å². The molecule has 2 heterocycles. The van der Waals surface area contributed by atoms with Crippen LogP contribution in [-0.4, -0.2) is 242 Å². The molecule has 2 aromatic heterocycles. The van der Waals surface area contributed by atoms with Crippen LogP contribution < -0.4 is 86.3 Å². The molecule has 652 valence electrons. The summed E-state index contributed by atoms with van der Waals surface area (Å²) in [6, 6.07) is 19.4. The van der Waals surface area contributed by atoms with Gasteiger partial charge in [-0.15, -0.1) is 0 Å². The molecule has 7 rings (SSSR count). The Kier molecular flexibility index (Phi) is 39.1. The van der Waals surface area contributed by atoms with Crippen LogP contribution in [0.4, 0.5) is 0 Å². The van der Waals surface area contributed by atoms with Crippen LogP contribution in [0.15, 0.2) is 152 Å². The molecule has 0 unspecified atom stereocenters. The van der Waals surface area contributed by atoms with E-state index in [9.17, 15) is 68.4 Å². The number of fused-ring (bicyclic) bond motifs is 2. The van der Waals surface area contributed by atoms with Gasteiger partial charge < -0.3 is 117 Å². The van der Waals surface area contributed by atoms with E-state index < -0.39 is 187 Å². The number of rotatable bonds is 50. The Morgan fingerprint density at radius 1 is 0.364 bits per heavy atom. The molecule has 0 spiro atoms. The number of aliphatic carboxylic acids is 1. The van der Waals surface area contributed by atoms with E-state index in [4.69, 9.17) is 17.2 Å². The monoisotopic (exact) mass is 1710 g/mol. The van der Waals surface area contributed by atoms with Crippen molar-refractivity contribution >= 4 is 130 Å². The Balaban J connectivity index is 1.18. The fourth-order valence-corrected chi connectivity index (χ4v) is 13.6. The zero-order valence-electron chi connectivity index (χ0n) is 67.2. The standard InChI is InChI=1S/C83H110N18O18S2/c1-46(86)71(106)89-42-68(105)90-66(44-120)80(115)92-58(31-17-19-33-84)72(107)95-64(39-53-41-88-57-30-16-14-28-55(53)57)77(112)94-60(35-49-21-7-4-8-22-49)74(109)93-61(36-50-23-9-5-10-24-50)75(110)96-63(38-52-40-87-56-29-15-13-27-54(52)56)76(111)91-59(32-18-20-34-85)73(108)100-69(47(2)103)81(116)97-62(37-51-25-11-6-12-26-51)78(113)101-70(48(3)104)82(117)98-65(43-102)79(114)99-67(45-121)83(118)119/h4-16,21-30,40-41,46-48,58-67,69-70,87-88,102-104,120-121H,17-20,31-39,42-45,84-86H2,1-3H3,(H,89,106)(H,90,105)(H,91,111)(H,92,115)(H,93,109)(H,94,112)(H,95,107)(H,96,110)(H,97,116)(H,98,117)(H,99,114)(H,100,108)(H,101,113)(H,118,119)/t46-,47+,48+,58-,59-,60-,61-,62-,63+,64+,65-,66-,67-,69-,70-/m0/s1. The zero-order chi connectivity index (χ0) is 88.2. The van der Waals surface area contributed by atoms with Gasteiger partial charge in [0.15, 0.2) is 0 Å². The number of thiol groups is 2. The number of nitrogens with two attached hydrogens (primary N) is 3. The van der Waals surface area contributed by atoms with Gasteiger partial charge in [0.05, 0.1) is 31.4 Å². The number of para-hydroxylation sites is 2. The average Bonchev–Trinajstić information content (AvgIpc) is 1.71. The number of carbonyl (C=O) groups excluding carboxylic acids is 13. The first-order valence-corrected chi connectivity index (χ1v) is 40.9. The first-order chi connectivity index (χ1) is 57.9. The second-order valence-corrected chi connectivity index (χ2v) is 30.0. The highest BCUT2D eigenvalue weighted by atomic mass is 32.1. The molecule has 0 saturated heterocycles. The first kappa shape index (κ1) is 96.4. The van der Waals surface area contributed by atoms with E-state index in [1.165, 1.54) is 6.92 Å². The number of H-pyrrole nitrogens is 2. The number of carbonyl (C=O) groups is 14. The number of aromatic nitrogens is 2. The van der Waals surface area contributed by atoms with E-state index in [1.54, 1.807) is 146 Å². The van der Waals surface area contributed by atoms with Crippen LogP contribution in [0.3, 0.4) is 0 Å². The molecule has 0 radical (unpaired) electrons. The van der Waals surface area contributed by atoms with Crippen molar-refractivity contribution in [2.75, 3.05) is 37.7 Å². The number of carboxylic acid groups (broad SMARTS) is 1. The number of hydrogen-bond donors (Lipinski definition) is 24. The highest BCUT2D eigenvalue weighted by molar-refractivity contribution is 7.80. The van der Waals surface area contributed by atoms with Gasteiger partial charge in [-0.3, -0.25) is 62.3 Å². The second-order valence-electron chi connectivity index (χ2n) is 29.3. The van der Waals surface area contributed by atoms with Crippen molar-refractivity contribution in [3.63, 3.8) is 0 Å². The second kappa shape index (κ2) is 49.1. The maximum atomic E-state index is 15.6. The molecule has 0 aliphatic carbocycles. The predicted molar refractivity (Wildman–Crippen MR) is 456 cm³/mol. The molecule has 0 aliphatic rings. The third kappa shape index (κ3) is 30.2. The molecule has 25 N–H and O–H groups in total. The minimum atomic E-state index is -1.90. The number of aliphatic hydroxyl groups is 3. The van der Waals surface area contributed by atoms with E-state index >= 15 is 19.2 Å². The quantitative estimate of drug-likeness (QED) is 0.0137. The summed E-state index contributed by atoms with van der Waals surface area (Å²) in [5.74, 6) is -14.4. The predicted octanol–water partition coefficient (Wildman–Crippen LogP) is -2.60. The minimum absolute atomic E-state index is 0.00272. The Bertz CT molecular complexity index is 4640. The summed E-state index contributed by atoms with van der Waals surface area (Å²) in [5.41, 5.74) is 21.4. The van der Waals surface area contributed by atoms with Crippen LogP contribution in [0.25, 0.3) is 21.8 Å². The van der Waals surface area contributed by atoms with Gasteiger partial charge in [0.25, 0.3) is 0 Å². The summed E-state index contributed by atoms with van der Waals surface area (Å²) in [4.78, 5) is 205. The van der Waals surface area contributed by atoms with Crippen LogP contribution in [0, 0.1) is 0 Å². The van der Waals surface area contributed by atoms with Gasteiger partial charge in [-0.25, -0.2) is 4.79 Å². The summed E-state index contributed by atoms with van der Waals surface area (Å²) >= 11 is 8.19. The Hall–Kier alpha value is -11.8. The van der Waals surface area contributed by atoms with Crippen molar-refractivity contribution in [3.05, 3.63) is 180 Å². The van der Waals surface area contributed by atoms with Gasteiger partial charge in [-0.05, 0) is 112 Å². The number of aromatic amines is 2. The molecule has 36 nitrogen and oxygen atoms in total. The van der Waals surface area contributed by atoms with E-state index in [-0.39, 0.29) is 76.0 Å². The highest BCUT2D eigenvalue weighted by Crippen LogP contribution is 2.23. The summed E-state index contributed by atoms with van der Waals surface area (Å²) < 4.78 is 0. The molecule has 7 aromatic rings. The smallest absolute Gasteiger partial charge is 0.327 e. The van der Waals surface area contributed by atoms with Crippen LogP contribution in [0.5, 0.6) is 0 Å². The van der Waals surface area contributed by atoms with Crippen LogP contribution in [0.2, 0.25) is 0 Å². The van der Waals surface area contributed by atoms with Gasteiger partial charge in [0.2, 0.25) is 76.8 Å². The lowest BCUT2D eigenvalue weighted by Crippen LogP contribution is -2.63. The van der Waals surface area contributed by atoms with Crippen molar-refractivity contribution < 1.29 is 87.5 Å². The van der Waals surface area contributed by atoms with Crippen LogP contribution in [-0.2, 0) is 99.2 Å². The highest BCUT2D eigenvalue weighted by Gasteiger charge is 2.40. The number of hydrogen-bond acceptors (Lipinski definition) is 22. The average molecular weight is 1710 g/mol. The van der Waals surface area contributed by atoms with Gasteiger partial charge in [-0.1, -0.05) is 127 Å². The number of carboxylic acids is 1. The zero-order valence-corrected chi connectivity index (χ0v) is 69.0. The molecule has 0 fully saturated rings. The van der Waals surface area contributed by atoms with Crippen molar-refractivity contribution in [1.82, 2.24) is 79.1 Å². The number of nitrogens with one attached hydrogen (secondary N) is 15. The van der Waals surface area contributed by atoms with Crippen molar-refractivity contribution in [2.24, 2.45) is 17.2 Å². The summed E-state index contributed by atoms with van der Waals surface area (Å²) in [6.07, 6.45) is -0.246. The number of amides is 13. The van der Waals surface area contributed by atoms with Gasteiger partial charge in [-0.2, -0.15) is 25.3 Å². The van der Waals surface area contributed by atoms with E-state index in [2.05, 4.69) is 104 Å². The largest absolute Gasteiger partial charge is 0.480 e. The summed E-state index contributed by atoms with van der Waals surface area (Å²) in [5, 5.41) is 76.4. The lowest BCUT2D eigenvalue weighted by atomic mass is 9.99. The van der Waals surface area contributed by atoms with Crippen molar-refractivity contribution in [1.29, 1.82) is 0 Å². The molecular formula is C83H110N18O18S2. The van der Waals surface area contributed by atoms with Gasteiger partial charge in [0, 0.05) is 77.8 Å². The minimum Gasteiger partial charge on any atom is -0.480 e. The molecule has 15 atom stereocenters. The number of benzene rings is 5. The Morgan fingerprint density at radius 3 is 1.02 bits per heavy atom. The van der Waals surface area contributed by atoms with E-state index in [0.717, 1.165) is 13.8 Å². The molecule has 38 heteroatoms. The molecular weight excluding hydrogens is 1600 g/mol. The maximum absolute atomic E-state index is 15.6. The number of aliphatic hydroxyl groups excluding tert-OH is 3. The molecule has 13 amide bonds. The van der Waals surface area contributed by atoms with Gasteiger partial charge >= 0.3 is 5.97 Å². The van der Waals surface area contributed by atoms with E-state index in [1.807, 2.05) is 6.07 Å². The van der Waals surface area contributed by atoms with Crippen LogP contribution >= 0.6 is 25.3 Å². The lowest BCUT2D eigenvalue weighted by molar-refractivity contribution is -0.142. The molecule has 5 aromatic carbocycles. The molecule has 0 aliphatic heterocycles.